The molecule has 0 aromatic rings. The van der Waals surface area contributed by atoms with Crippen LogP contribution in [-0.2, 0) is 9.53 Å². The number of carbonyl (C=O) groups is 1. The minimum absolute atomic E-state index is 0.000634. The zero-order valence-electron chi connectivity index (χ0n) is 15.4. The highest BCUT2D eigenvalue weighted by atomic mass is 16.5. The fraction of sp³-hybridized carbons (Fsp3) is 0.944. The summed E-state index contributed by atoms with van der Waals surface area (Å²) in [4.78, 5) is 14.5. The average molecular weight is 374 g/mol. The molecule has 2 fully saturated rings. The number of rotatable bonds is 3. The maximum absolute atomic E-state index is 12.9. The molecule has 5 atom stereocenters. The van der Waals surface area contributed by atoms with Crippen molar-refractivity contribution in [1.82, 2.24) is 10.2 Å². The molecule has 0 saturated carbocycles. The lowest BCUT2D eigenvalue weighted by atomic mass is 9.96. The van der Waals surface area contributed by atoms with Gasteiger partial charge in [-0.1, -0.05) is 12.8 Å². The molecule has 2 heterocycles. The molecule has 0 bridgehead atoms. The van der Waals surface area contributed by atoms with Crippen molar-refractivity contribution in [2.45, 2.75) is 62.9 Å². The van der Waals surface area contributed by atoms with E-state index in [-0.39, 0.29) is 18.4 Å². The van der Waals surface area contributed by atoms with Crippen molar-refractivity contribution in [1.29, 1.82) is 0 Å². The number of nitrogens with one attached hydrogen (secondary N) is 1. The standard InChI is InChI=1S/C18H34N2O6/c21-12-15(23)17-16(24)14(22)11-20(8-3-1-2-4-9-26-17)18(25)13-6-5-7-19-10-13/h13-17,19,21-24H,1-12H2/t13-,14-,15+,16+,17+/m0/s1. The van der Waals surface area contributed by atoms with Gasteiger partial charge < -0.3 is 35.4 Å². The number of amides is 1. The molecular weight excluding hydrogens is 340 g/mol. The number of ether oxygens (including phenoxy) is 1. The Kier molecular flexibility index (Phi) is 9.24. The Bertz CT molecular complexity index is 418. The van der Waals surface area contributed by atoms with Gasteiger partial charge in [-0.2, -0.15) is 0 Å². The summed E-state index contributed by atoms with van der Waals surface area (Å²) >= 11 is 0. The molecule has 0 aromatic carbocycles. The zero-order valence-corrected chi connectivity index (χ0v) is 15.4. The van der Waals surface area contributed by atoms with E-state index in [1.165, 1.54) is 0 Å². The van der Waals surface area contributed by atoms with E-state index in [0.29, 0.717) is 19.7 Å². The van der Waals surface area contributed by atoms with Gasteiger partial charge in [0.25, 0.3) is 0 Å². The van der Waals surface area contributed by atoms with Crippen molar-refractivity contribution in [2.75, 3.05) is 39.4 Å². The highest BCUT2D eigenvalue weighted by molar-refractivity contribution is 5.79. The number of piperidine rings is 1. The van der Waals surface area contributed by atoms with Gasteiger partial charge in [-0.3, -0.25) is 4.79 Å². The third kappa shape index (κ3) is 6.14. The van der Waals surface area contributed by atoms with Crippen molar-refractivity contribution in [3.05, 3.63) is 0 Å². The van der Waals surface area contributed by atoms with E-state index < -0.39 is 31.0 Å². The zero-order chi connectivity index (χ0) is 18.9. The molecule has 2 aliphatic rings. The molecule has 2 saturated heterocycles. The van der Waals surface area contributed by atoms with Crippen LogP contribution in [0.15, 0.2) is 0 Å². The molecule has 8 heteroatoms. The van der Waals surface area contributed by atoms with Gasteiger partial charge >= 0.3 is 0 Å². The lowest BCUT2D eigenvalue weighted by Crippen LogP contribution is -2.53. The van der Waals surface area contributed by atoms with Crippen LogP contribution < -0.4 is 5.32 Å². The first-order chi connectivity index (χ1) is 12.5. The number of aliphatic hydroxyl groups excluding tert-OH is 4. The third-order valence-electron chi connectivity index (χ3n) is 5.30. The number of hydrogen-bond acceptors (Lipinski definition) is 7. The predicted octanol–water partition coefficient (Wildman–Crippen LogP) is -1.15. The van der Waals surface area contributed by atoms with E-state index in [4.69, 9.17) is 4.74 Å². The monoisotopic (exact) mass is 374 g/mol. The van der Waals surface area contributed by atoms with Crippen molar-refractivity contribution in [3.63, 3.8) is 0 Å². The van der Waals surface area contributed by atoms with Crippen molar-refractivity contribution >= 4 is 5.91 Å². The topological polar surface area (TPSA) is 122 Å². The van der Waals surface area contributed by atoms with Gasteiger partial charge in [0.1, 0.15) is 24.4 Å². The van der Waals surface area contributed by atoms with Crippen molar-refractivity contribution in [2.24, 2.45) is 5.92 Å². The molecule has 26 heavy (non-hydrogen) atoms. The molecule has 0 radical (unpaired) electrons. The molecular formula is C18H34N2O6. The summed E-state index contributed by atoms with van der Waals surface area (Å²) in [5, 5.41) is 43.2. The first-order valence-corrected chi connectivity index (χ1v) is 9.80. The van der Waals surface area contributed by atoms with E-state index in [9.17, 15) is 25.2 Å². The molecule has 152 valence electrons. The van der Waals surface area contributed by atoms with E-state index in [2.05, 4.69) is 5.32 Å². The molecule has 2 aliphatic heterocycles. The maximum Gasteiger partial charge on any atom is 0.227 e. The smallest absolute Gasteiger partial charge is 0.227 e. The van der Waals surface area contributed by atoms with E-state index in [0.717, 1.165) is 45.1 Å². The summed E-state index contributed by atoms with van der Waals surface area (Å²) in [5.74, 6) is -0.100. The minimum atomic E-state index is -1.38. The molecule has 2 rings (SSSR count). The summed E-state index contributed by atoms with van der Waals surface area (Å²) < 4.78 is 5.53. The number of β-amino-alcohol motifs (C(OH)–C–C–N with tert-alkyl or cyclic N) is 1. The summed E-state index contributed by atoms with van der Waals surface area (Å²) in [6.07, 6.45) is 0.268. The minimum Gasteiger partial charge on any atom is -0.394 e. The van der Waals surface area contributed by atoms with Gasteiger partial charge in [0.05, 0.1) is 12.5 Å². The van der Waals surface area contributed by atoms with Crippen molar-refractivity contribution in [3.8, 4) is 0 Å². The Labute approximate surface area is 155 Å². The number of carbonyl (C=O) groups excluding carboxylic acids is 1. The quantitative estimate of drug-likeness (QED) is 0.423. The maximum atomic E-state index is 12.9. The normalized spacial score (nSPS) is 33.8. The number of aliphatic hydroxyl groups is 4. The second-order valence-electron chi connectivity index (χ2n) is 7.39. The Morgan fingerprint density at radius 2 is 1.96 bits per heavy atom. The van der Waals surface area contributed by atoms with Crippen molar-refractivity contribution < 1.29 is 30.0 Å². The predicted molar refractivity (Wildman–Crippen MR) is 95.5 cm³/mol. The molecule has 0 aromatic heterocycles. The first kappa shape index (κ1) is 21.5. The molecule has 8 nitrogen and oxygen atoms in total. The van der Waals surface area contributed by atoms with Gasteiger partial charge in [-0.25, -0.2) is 0 Å². The lowest BCUT2D eigenvalue weighted by molar-refractivity contribution is -0.154. The number of nitrogens with zero attached hydrogens (tertiary/aromatic N) is 1. The largest absolute Gasteiger partial charge is 0.394 e. The SMILES string of the molecule is O=C([C@H]1CCCNC1)N1CCCCCCO[C@H]([C@H](O)CO)[C@H](O)[C@@H](O)C1. The molecule has 1 amide bonds. The molecule has 0 unspecified atom stereocenters. The van der Waals surface area contributed by atoms with Gasteiger partial charge in [-0.15, -0.1) is 0 Å². The fourth-order valence-electron chi connectivity index (χ4n) is 3.68. The van der Waals surface area contributed by atoms with Crippen LogP contribution in [0.1, 0.15) is 38.5 Å². The summed E-state index contributed by atoms with van der Waals surface area (Å²) in [6, 6.07) is 0. The summed E-state index contributed by atoms with van der Waals surface area (Å²) in [6.45, 7) is 1.89. The van der Waals surface area contributed by atoms with Crippen LogP contribution in [0.4, 0.5) is 0 Å². The fourth-order valence-corrected chi connectivity index (χ4v) is 3.68. The van der Waals surface area contributed by atoms with E-state index >= 15 is 0 Å². The Hall–Kier alpha value is -0.770. The Balaban J connectivity index is 2.07. The van der Waals surface area contributed by atoms with Gasteiger partial charge in [0, 0.05) is 26.2 Å². The average Bonchev–Trinajstić information content (AvgIpc) is 2.67. The van der Waals surface area contributed by atoms with Crippen LogP contribution in [0.5, 0.6) is 0 Å². The van der Waals surface area contributed by atoms with Gasteiger partial charge in [-0.05, 0) is 32.2 Å². The molecule has 5 N–H and O–H groups in total. The lowest BCUT2D eigenvalue weighted by Gasteiger charge is -2.35. The van der Waals surface area contributed by atoms with Crippen LogP contribution in [-0.4, -0.2) is 95.0 Å². The molecule has 0 spiro atoms. The van der Waals surface area contributed by atoms with Crippen LogP contribution in [0.2, 0.25) is 0 Å². The van der Waals surface area contributed by atoms with Gasteiger partial charge in [0.2, 0.25) is 5.91 Å². The Morgan fingerprint density at radius 3 is 2.65 bits per heavy atom. The van der Waals surface area contributed by atoms with Crippen LogP contribution >= 0.6 is 0 Å². The second-order valence-corrected chi connectivity index (χ2v) is 7.39. The first-order valence-electron chi connectivity index (χ1n) is 9.80. The third-order valence-corrected chi connectivity index (χ3v) is 5.30. The van der Waals surface area contributed by atoms with Crippen LogP contribution in [0, 0.1) is 5.92 Å². The highest BCUT2D eigenvalue weighted by Crippen LogP contribution is 2.18. The molecule has 0 aliphatic carbocycles. The van der Waals surface area contributed by atoms with Gasteiger partial charge in [0.15, 0.2) is 0 Å². The van der Waals surface area contributed by atoms with Crippen LogP contribution in [0.3, 0.4) is 0 Å². The summed E-state index contributed by atoms with van der Waals surface area (Å²) in [7, 11) is 0. The second kappa shape index (κ2) is 11.2. The van der Waals surface area contributed by atoms with E-state index in [1.54, 1.807) is 4.90 Å². The highest BCUT2D eigenvalue weighted by Gasteiger charge is 2.35. The number of hydrogen-bond donors (Lipinski definition) is 5. The van der Waals surface area contributed by atoms with E-state index in [1.807, 2.05) is 0 Å². The van der Waals surface area contributed by atoms with Crippen LogP contribution in [0.25, 0.3) is 0 Å². The Morgan fingerprint density at radius 1 is 1.19 bits per heavy atom. The summed E-state index contributed by atoms with van der Waals surface area (Å²) in [5.41, 5.74) is 0.